The molecule has 0 spiro atoms. The summed E-state index contributed by atoms with van der Waals surface area (Å²) in [6.07, 6.45) is 1.87. The second-order valence-electron chi connectivity index (χ2n) is 7.58. The van der Waals surface area contributed by atoms with E-state index < -0.39 is 10.0 Å². The van der Waals surface area contributed by atoms with E-state index in [-0.39, 0.29) is 11.7 Å². The first kappa shape index (κ1) is 18.3. The summed E-state index contributed by atoms with van der Waals surface area (Å²) in [5, 5.41) is 0. The molecule has 1 aromatic heterocycles. The van der Waals surface area contributed by atoms with E-state index in [1.807, 2.05) is 37.5 Å². The molecule has 0 amide bonds. The van der Waals surface area contributed by atoms with Crippen LogP contribution in [0.3, 0.4) is 0 Å². The minimum absolute atomic E-state index is 0.0496. The van der Waals surface area contributed by atoms with Crippen LogP contribution in [-0.4, -0.2) is 36.5 Å². The number of benzene rings is 1. The van der Waals surface area contributed by atoms with Crippen molar-refractivity contribution in [3.8, 4) is 5.75 Å². The molecule has 0 radical (unpaired) electrons. The van der Waals surface area contributed by atoms with Gasteiger partial charge in [-0.15, -0.1) is 0 Å². The van der Waals surface area contributed by atoms with Crippen molar-refractivity contribution in [1.29, 1.82) is 0 Å². The van der Waals surface area contributed by atoms with E-state index in [1.165, 1.54) is 10.4 Å². The Labute approximate surface area is 159 Å². The molecule has 6 nitrogen and oxygen atoms in total. The lowest BCUT2D eigenvalue weighted by atomic mass is 10.1. The van der Waals surface area contributed by atoms with Gasteiger partial charge in [-0.1, -0.05) is 6.07 Å². The third-order valence-corrected chi connectivity index (χ3v) is 7.21. The van der Waals surface area contributed by atoms with E-state index in [0.717, 1.165) is 29.7 Å². The number of aromatic nitrogens is 1. The quantitative estimate of drug-likeness (QED) is 0.789. The number of sulfonamides is 1. The van der Waals surface area contributed by atoms with Gasteiger partial charge in [0, 0.05) is 17.8 Å². The highest BCUT2D eigenvalue weighted by Gasteiger charge is 2.38. The van der Waals surface area contributed by atoms with E-state index in [2.05, 4.69) is 0 Å². The molecule has 4 rings (SSSR count). The van der Waals surface area contributed by atoms with Gasteiger partial charge in [0.1, 0.15) is 11.9 Å². The fourth-order valence-corrected chi connectivity index (χ4v) is 5.03. The van der Waals surface area contributed by atoms with Crippen molar-refractivity contribution in [2.45, 2.75) is 50.7 Å². The number of hydrogen-bond donors (Lipinski definition) is 0. The molecule has 1 aromatic carbocycles. The maximum atomic E-state index is 12.7. The number of rotatable bonds is 5. The van der Waals surface area contributed by atoms with Crippen LogP contribution in [0.25, 0.3) is 0 Å². The number of ether oxygens (including phenoxy) is 1. The number of aryl methyl sites for hydroxylation is 3. The van der Waals surface area contributed by atoms with Crippen LogP contribution in [0, 0.1) is 20.8 Å². The molecule has 2 heterocycles. The van der Waals surface area contributed by atoms with Gasteiger partial charge >= 0.3 is 0 Å². The molecule has 7 heteroatoms. The molecular formula is C20H24N2O4S. The molecule has 2 fully saturated rings. The molecule has 0 bridgehead atoms. The average molecular weight is 388 g/mol. The van der Waals surface area contributed by atoms with Crippen molar-refractivity contribution < 1.29 is 13.2 Å². The molecule has 1 aliphatic heterocycles. The average Bonchev–Trinajstić information content (AvgIpc) is 3.37. The summed E-state index contributed by atoms with van der Waals surface area (Å²) >= 11 is 0. The Hall–Kier alpha value is -2.12. The first-order valence-electron chi connectivity index (χ1n) is 9.23. The Kier molecular flexibility index (Phi) is 4.39. The molecule has 1 saturated carbocycles. The van der Waals surface area contributed by atoms with Gasteiger partial charge < -0.3 is 9.30 Å². The molecule has 1 aliphatic carbocycles. The van der Waals surface area contributed by atoms with E-state index in [0.29, 0.717) is 29.8 Å². The summed E-state index contributed by atoms with van der Waals surface area (Å²) in [6, 6.07) is 8.88. The standard InChI is InChI=1S/C20H24N2O4S/c1-13-4-7-19(8-14(13)2)27(24,25)21-11-18(12-21)26-17-9-15(3)22(16-5-6-16)20(23)10-17/h4,7-10,16,18H,5-6,11-12H2,1-3H3. The third-order valence-electron chi connectivity index (χ3n) is 5.38. The monoisotopic (exact) mass is 388 g/mol. The largest absolute Gasteiger partial charge is 0.487 e. The maximum absolute atomic E-state index is 12.7. The van der Waals surface area contributed by atoms with Crippen molar-refractivity contribution in [1.82, 2.24) is 8.87 Å². The highest BCUT2D eigenvalue weighted by Crippen LogP contribution is 2.35. The van der Waals surface area contributed by atoms with Gasteiger partial charge in [-0.2, -0.15) is 4.31 Å². The first-order valence-corrected chi connectivity index (χ1v) is 10.7. The van der Waals surface area contributed by atoms with Crippen molar-refractivity contribution >= 4 is 10.0 Å². The smallest absolute Gasteiger partial charge is 0.254 e. The van der Waals surface area contributed by atoms with Gasteiger partial charge in [0.05, 0.1) is 18.0 Å². The highest BCUT2D eigenvalue weighted by molar-refractivity contribution is 7.89. The lowest BCUT2D eigenvalue weighted by Gasteiger charge is -2.37. The van der Waals surface area contributed by atoms with Crippen LogP contribution in [0.15, 0.2) is 40.0 Å². The number of hydrogen-bond acceptors (Lipinski definition) is 4. The van der Waals surface area contributed by atoms with Crippen LogP contribution < -0.4 is 10.3 Å². The van der Waals surface area contributed by atoms with Crippen LogP contribution in [0.1, 0.15) is 35.7 Å². The van der Waals surface area contributed by atoms with Crippen molar-refractivity contribution in [3.63, 3.8) is 0 Å². The summed E-state index contributed by atoms with van der Waals surface area (Å²) in [7, 11) is -3.51. The molecule has 0 atom stereocenters. The molecule has 1 saturated heterocycles. The van der Waals surface area contributed by atoms with Gasteiger partial charge in [0.15, 0.2) is 0 Å². The summed E-state index contributed by atoms with van der Waals surface area (Å²) in [6.45, 7) is 6.35. The van der Waals surface area contributed by atoms with Crippen LogP contribution in [0.2, 0.25) is 0 Å². The van der Waals surface area contributed by atoms with Crippen LogP contribution in [0.5, 0.6) is 5.75 Å². The van der Waals surface area contributed by atoms with Crippen LogP contribution >= 0.6 is 0 Å². The lowest BCUT2D eigenvalue weighted by molar-refractivity contribution is 0.0758. The SMILES string of the molecule is Cc1ccc(S(=O)(=O)N2CC(Oc3cc(C)n(C4CC4)c(=O)c3)C2)cc1C. The summed E-state index contributed by atoms with van der Waals surface area (Å²) < 4.78 is 34.5. The Morgan fingerprint density at radius 3 is 2.30 bits per heavy atom. The van der Waals surface area contributed by atoms with Crippen molar-refractivity contribution in [2.75, 3.05) is 13.1 Å². The van der Waals surface area contributed by atoms with Crippen LogP contribution in [0.4, 0.5) is 0 Å². The fourth-order valence-electron chi connectivity index (χ4n) is 3.44. The number of nitrogens with zero attached hydrogens (tertiary/aromatic N) is 2. The van der Waals surface area contributed by atoms with E-state index in [1.54, 1.807) is 12.1 Å². The summed E-state index contributed by atoms with van der Waals surface area (Å²) in [5.74, 6) is 0.516. The van der Waals surface area contributed by atoms with Gasteiger partial charge in [-0.05, 0) is 62.9 Å². The molecule has 144 valence electrons. The summed E-state index contributed by atoms with van der Waals surface area (Å²) in [4.78, 5) is 12.6. The zero-order valence-corrected chi connectivity index (χ0v) is 16.6. The molecule has 0 unspecified atom stereocenters. The van der Waals surface area contributed by atoms with Gasteiger partial charge in [0.25, 0.3) is 5.56 Å². The second kappa shape index (κ2) is 6.49. The Morgan fingerprint density at radius 2 is 1.70 bits per heavy atom. The Bertz CT molecular complexity index is 1050. The van der Waals surface area contributed by atoms with E-state index in [9.17, 15) is 13.2 Å². The summed E-state index contributed by atoms with van der Waals surface area (Å²) in [5.41, 5.74) is 2.86. The molecule has 2 aromatic rings. The predicted molar refractivity (Wildman–Crippen MR) is 103 cm³/mol. The van der Waals surface area contributed by atoms with Crippen LogP contribution in [-0.2, 0) is 10.0 Å². The van der Waals surface area contributed by atoms with Crippen molar-refractivity contribution in [2.24, 2.45) is 0 Å². The molecule has 27 heavy (non-hydrogen) atoms. The predicted octanol–water partition coefficient (Wildman–Crippen LogP) is 2.56. The molecular weight excluding hydrogens is 364 g/mol. The zero-order valence-electron chi connectivity index (χ0n) is 15.8. The Morgan fingerprint density at radius 1 is 1.00 bits per heavy atom. The lowest BCUT2D eigenvalue weighted by Crippen LogP contribution is -2.56. The molecule has 2 aliphatic rings. The van der Waals surface area contributed by atoms with Gasteiger partial charge in [-0.25, -0.2) is 8.42 Å². The second-order valence-corrected chi connectivity index (χ2v) is 9.52. The Balaban J connectivity index is 1.43. The van der Waals surface area contributed by atoms with E-state index in [4.69, 9.17) is 4.74 Å². The van der Waals surface area contributed by atoms with Gasteiger partial charge in [0.2, 0.25) is 10.0 Å². The third kappa shape index (κ3) is 3.41. The highest BCUT2D eigenvalue weighted by atomic mass is 32.2. The maximum Gasteiger partial charge on any atom is 0.254 e. The zero-order chi connectivity index (χ0) is 19.3. The number of pyridine rings is 1. The normalized spacial score (nSPS) is 18.3. The minimum atomic E-state index is -3.51. The van der Waals surface area contributed by atoms with E-state index >= 15 is 0 Å². The van der Waals surface area contributed by atoms with Crippen molar-refractivity contribution in [3.05, 3.63) is 57.5 Å². The first-order chi connectivity index (χ1) is 12.8. The minimum Gasteiger partial charge on any atom is -0.487 e. The topological polar surface area (TPSA) is 68.6 Å². The fraction of sp³-hybridized carbons (Fsp3) is 0.450. The van der Waals surface area contributed by atoms with Gasteiger partial charge in [-0.3, -0.25) is 4.79 Å². The molecule has 0 N–H and O–H groups in total.